The van der Waals surface area contributed by atoms with E-state index in [4.69, 9.17) is 5.11 Å². The number of rotatable bonds is 15. The highest BCUT2D eigenvalue weighted by molar-refractivity contribution is 7.89. The van der Waals surface area contributed by atoms with Gasteiger partial charge in [-0.2, -0.15) is 15.6 Å². The molecular formula is C24H35FN2O5S2. The van der Waals surface area contributed by atoms with Gasteiger partial charge in [-0.15, -0.1) is 0 Å². The van der Waals surface area contributed by atoms with Gasteiger partial charge >= 0.3 is 5.97 Å². The van der Waals surface area contributed by atoms with Crippen molar-refractivity contribution in [3.8, 4) is 0 Å². The number of hydrogen-bond acceptors (Lipinski definition) is 6. The zero-order valence-electron chi connectivity index (χ0n) is 20.0. The molecule has 0 aliphatic heterocycles. The molecule has 0 aliphatic carbocycles. The van der Waals surface area contributed by atoms with E-state index in [1.807, 2.05) is 13.8 Å². The van der Waals surface area contributed by atoms with Crippen LogP contribution in [0.3, 0.4) is 0 Å². The summed E-state index contributed by atoms with van der Waals surface area (Å²) in [6, 6.07) is 5.62. The van der Waals surface area contributed by atoms with E-state index in [2.05, 4.69) is 22.1 Å². The maximum atomic E-state index is 14.1. The first-order valence-corrected chi connectivity index (χ1v) is 13.7. The molecule has 1 heterocycles. The summed E-state index contributed by atoms with van der Waals surface area (Å²) in [7, 11) is -2.68. The molecule has 34 heavy (non-hydrogen) atoms. The predicted molar refractivity (Wildman–Crippen MR) is 132 cm³/mol. The number of likely N-dealkylation sites (N-methyl/N-ethyl adjacent to an activating group) is 1. The van der Waals surface area contributed by atoms with E-state index >= 15 is 0 Å². The molecule has 0 spiro atoms. The number of sulfonamides is 1. The molecule has 0 amide bonds. The normalized spacial score (nSPS) is 13.4. The zero-order chi connectivity index (χ0) is 25.4. The Balaban J connectivity index is 1.89. The smallest absolute Gasteiger partial charge is 0.303 e. The molecule has 0 saturated heterocycles. The average molecular weight is 515 g/mol. The molecular weight excluding hydrogens is 479 g/mol. The topological polar surface area (TPSA) is 107 Å². The molecule has 3 N–H and O–H groups in total. The second kappa shape index (κ2) is 12.7. The summed E-state index contributed by atoms with van der Waals surface area (Å²) in [5.41, 5.74) is 1.51. The van der Waals surface area contributed by atoms with Crippen molar-refractivity contribution >= 4 is 27.3 Å². The van der Waals surface area contributed by atoms with E-state index < -0.39 is 27.9 Å². The molecule has 0 saturated carbocycles. The van der Waals surface area contributed by atoms with Crippen molar-refractivity contribution in [2.45, 2.75) is 68.9 Å². The van der Waals surface area contributed by atoms with E-state index in [0.29, 0.717) is 5.56 Å². The number of β-amino-alcohol motifs (C(OH)–C–C–N with tert-alkyl or cyclic N) is 1. The first kappa shape index (κ1) is 28.4. The van der Waals surface area contributed by atoms with Crippen molar-refractivity contribution in [1.82, 2.24) is 9.62 Å². The lowest BCUT2D eigenvalue weighted by atomic mass is 9.96. The number of carboxylic acid groups (broad SMARTS) is 1. The van der Waals surface area contributed by atoms with Crippen LogP contribution in [0.1, 0.15) is 50.7 Å². The number of aliphatic hydroxyl groups excluding tert-OH is 1. The Hall–Kier alpha value is -1.85. The van der Waals surface area contributed by atoms with Crippen molar-refractivity contribution in [1.29, 1.82) is 0 Å². The van der Waals surface area contributed by atoms with Crippen LogP contribution in [0.15, 0.2) is 39.9 Å². The van der Waals surface area contributed by atoms with Gasteiger partial charge in [-0.3, -0.25) is 4.79 Å². The Labute approximate surface area is 205 Å². The number of aryl methyl sites for hydroxylation is 2. The Bertz CT molecular complexity index is 1030. The molecule has 0 unspecified atom stereocenters. The van der Waals surface area contributed by atoms with Gasteiger partial charge in [0.05, 0.1) is 11.0 Å². The zero-order valence-corrected chi connectivity index (χ0v) is 21.6. The molecule has 1 atom stereocenters. The predicted octanol–water partition coefficient (Wildman–Crippen LogP) is 3.67. The second-order valence-corrected chi connectivity index (χ2v) is 12.1. The quantitative estimate of drug-likeness (QED) is 0.335. The van der Waals surface area contributed by atoms with Gasteiger partial charge in [0.1, 0.15) is 5.82 Å². The number of nitrogens with one attached hydrogen (secondary N) is 1. The molecule has 1 aromatic carbocycles. The minimum atomic E-state index is -4.02. The van der Waals surface area contributed by atoms with Crippen molar-refractivity contribution in [3.05, 3.63) is 52.0 Å². The Morgan fingerprint density at radius 2 is 1.91 bits per heavy atom. The molecule has 0 bridgehead atoms. The third-order valence-corrected chi connectivity index (χ3v) is 8.16. The average Bonchev–Trinajstić information content (AvgIpc) is 3.25. The SMILES string of the molecule is CN(C[C@H](O)CNC(C)(C)CCCc1ccsc1)S(=O)(=O)c1cc(F)cc(CCCC(=O)O)c1. The number of nitrogens with zero attached hydrogens (tertiary/aromatic N) is 1. The van der Waals surface area contributed by atoms with Crippen LogP contribution in [0.5, 0.6) is 0 Å². The highest BCUT2D eigenvalue weighted by Gasteiger charge is 2.25. The number of hydrogen-bond donors (Lipinski definition) is 3. The van der Waals surface area contributed by atoms with Crippen LogP contribution in [0.4, 0.5) is 4.39 Å². The van der Waals surface area contributed by atoms with E-state index in [9.17, 15) is 22.7 Å². The lowest BCUT2D eigenvalue weighted by Gasteiger charge is -2.29. The minimum absolute atomic E-state index is 0.0813. The second-order valence-electron chi connectivity index (χ2n) is 9.23. The number of benzene rings is 1. The summed E-state index contributed by atoms with van der Waals surface area (Å²) in [6.45, 7) is 4.17. The van der Waals surface area contributed by atoms with Gasteiger partial charge in [0.25, 0.3) is 0 Å². The fourth-order valence-corrected chi connectivity index (χ4v) is 5.64. The molecule has 0 aliphatic rings. The van der Waals surface area contributed by atoms with Gasteiger partial charge in [-0.25, -0.2) is 12.8 Å². The molecule has 7 nitrogen and oxygen atoms in total. The summed E-state index contributed by atoms with van der Waals surface area (Å²) < 4.78 is 41.0. The van der Waals surface area contributed by atoms with Gasteiger partial charge in [-0.1, -0.05) is 0 Å². The highest BCUT2D eigenvalue weighted by Crippen LogP contribution is 2.20. The van der Waals surface area contributed by atoms with E-state index in [1.54, 1.807) is 11.3 Å². The van der Waals surface area contributed by atoms with Crippen LogP contribution < -0.4 is 5.32 Å². The number of thiophene rings is 1. The van der Waals surface area contributed by atoms with Crippen molar-refractivity contribution in [2.24, 2.45) is 0 Å². The molecule has 1 aromatic heterocycles. The fraction of sp³-hybridized carbons (Fsp3) is 0.542. The van der Waals surface area contributed by atoms with Gasteiger partial charge in [0.15, 0.2) is 0 Å². The van der Waals surface area contributed by atoms with E-state index in [0.717, 1.165) is 29.6 Å². The first-order valence-electron chi connectivity index (χ1n) is 11.3. The van der Waals surface area contributed by atoms with Crippen LogP contribution in [-0.4, -0.2) is 60.7 Å². The summed E-state index contributed by atoms with van der Waals surface area (Å²) in [5.74, 6) is -1.66. The molecule has 2 aromatic rings. The maximum absolute atomic E-state index is 14.1. The van der Waals surface area contributed by atoms with Crippen molar-refractivity contribution in [2.75, 3.05) is 20.1 Å². The lowest BCUT2D eigenvalue weighted by Crippen LogP contribution is -2.46. The number of aliphatic hydroxyl groups is 1. The van der Waals surface area contributed by atoms with Crippen LogP contribution in [0.2, 0.25) is 0 Å². The third-order valence-electron chi connectivity index (χ3n) is 5.63. The third kappa shape index (κ3) is 9.42. The summed E-state index contributed by atoms with van der Waals surface area (Å²) >= 11 is 1.68. The standard InChI is InChI=1S/C24H35FN2O5S2/c1-24(2,10-5-7-18-9-11-33-17-18)26-15-21(28)16-27(3)34(31,32)22-13-19(12-20(25)14-22)6-4-8-23(29)30/h9,11-14,17,21,26,28H,4-8,10,15-16H2,1-3H3,(H,29,30)/t21-/m1/s1. The highest BCUT2D eigenvalue weighted by atomic mass is 32.2. The molecule has 2 rings (SSSR count). The van der Waals surface area contributed by atoms with Gasteiger partial charge in [0.2, 0.25) is 10.0 Å². The van der Waals surface area contributed by atoms with Crippen LogP contribution in [0.25, 0.3) is 0 Å². The van der Waals surface area contributed by atoms with Gasteiger partial charge in [0, 0.05) is 32.1 Å². The van der Waals surface area contributed by atoms with E-state index in [1.165, 1.54) is 24.7 Å². The maximum Gasteiger partial charge on any atom is 0.303 e. The number of carbonyl (C=O) groups is 1. The molecule has 10 heteroatoms. The summed E-state index contributed by atoms with van der Waals surface area (Å²) in [4.78, 5) is 10.5. The Morgan fingerprint density at radius 3 is 2.56 bits per heavy atom. The largest absolute Gasteiger partial charge is 0.481 e. The minimum Gasteiger partial charge on any atom is -0.481 e. The first-order chi connectivity index (χ1) is 15.9. The van der Waals surface area contributed by atoms with Crippen molar-refractivity contribution < 1.29 is 27.8 Å². The van der Waals surface area contributed by atoms with Gasteiger partial charge in [-0.05, 0) is 92.1 Å². The monoisotopic (exact) mass is 514 g/mol. The molecule has 0 fully saturated rings. The van der Waals surface area contributed by atoms with Crippen LogP contribution in [-0.2, 0) is 27.7 Å². The summed E-state index contributed by atoms with van der Waals surface area (Å²) in [6.07, 6.45) is 2.39. The lowest BCUT2D eigenvalue weighted by molar-refractivity contribution is -0.137. The number of carboxylic acids is 1. The van der Waals surface area contributed by atoms with Crippen LogP contribution in [0, 0.1) is 5.82 Å². The molecule has 0 radical (unpaired) electrons. The van der Waals surface area contributed by atoms with Gasteiger partial charge < -0.3 is 15.5 Å². The number of halogens is 1. The fourth-order valence-electron chi connectivity index (χ4n) is 3.65. The van der Waals surface area contributed by atoms with Crippen molar-refractivity contribution in [3.63, 3.8) is 0 Å². The molecule has 190 valence electrons. The Kier molecular flexibility index (Phi) is 10.6. The van der Waals surface area contributed by atoms with E-state index in [-0.39, 0.29) is 42.8 Å². The Morgan fingerprint density at radius 1 is 1.21 bits per heavy atom. The number of aliphatic carboxylic acids is 1. The summed E-state index contributed by atoms with van der Waals surface area (Å²) in [5, 5.41) is 26.7. The van der Waals surface area contributed by atoms with Crippen LogP contribution >= 0.6 is 11.3 Å².